The molecule has 2 amide bonds. The highest BCUT2D eigenvalue weighted by Crippen LogP contribution is 2.35. The first-order valence-corrected chi connectivity index (χ1v) is 10.6. The molecule has 0 saturated carbocycles. The van der Waals surface area contributed by atoms with Crippen molar-refractivity contribution in [2.75, 3.05) is 10.6 Å². The van der Waals surface area contributed by atoms with Crippen LogP contribution in [-0.4, -0.2) is 28.0 Å². The third-order valence-corrected chi connectivity index (χ3v) is 5.00. The second kappa shape index (κ2) is 11.2. The highest BCUT2D eigenvalue weighted by Gasteiger charge is 2.19. The van der Waals surface area contributed by atoms with E-state index < -0.39 is 11.9 Å². The maximum Gasteiger partial charge on any atom is 0.394 e. The molecule has 0 unspecified atom stereocenters. The van der Waals surface area contributed by atoms with E-state index in [0.717, 1.165) is 25.7 Å². The van der Waals surface area contributed by atoms with Gasteiger partial charge < -0.3 is 25.6 Å². The second-order valence-electron chi connectivity index (χ2n) is 7.74. The molecule has 0 aliphatic heterocycles. The summed E-state index contributed by atoms with van der Waals surface area (Å²) in [5.74, 6) is -2.07. The van der Waals surface area contributed by atoms with Gasteiger partial charge >= 0.3 is 11.9 Å². The SMILES string of the molecule is CCCC(CCC)C(=O)Nc1cc(Oc2c(C)cc(NC(=O)C(=O)O)cc2C)ccc1O. The first-order valence-electron chi connectivity index (χ1n) is 10.6. The molecule has 0 atom stereocenters. The van der Waals surface area contributed by atoms with Crippen LogP contribution < -0.4 is 15.4 Å². The van der Waals surface area contributed by atoms with Gasteiger partial charge in [-0.2, -0.15) is 0 Å². The monoisotopic (exact) mass is 442 g/mol. The minimum Gasteiger partial charge on any atom is -0.506 e. The Bertz CT molecular complexity index is 973. The minimum absolute atomic E-state index is 0.0578. The number of benzene rings is 2. The Kier molecular flexibility index (Phi) is 8.63. The summed E-state index contributed by atoms with van der Waals surface area (Å²) in [5.41, 5.74) is 1.97. The molecule has 0 saturated heterocycles. The van der Waals surface area contributed by atoms with Crippen molar-refractivity contribution in [1.82, 2.24) is 0 Å². The summed E-state index contributed by atoms with van der Waals surface area (Å²) in [5, 5.41) is 24.1. The number of phenolic OH excluding ortho intramolecular Hbond substituents is 1. The van der Waals surface area contributed by atoms with Gasteiger partial charge in [0.15, 0.2) is 0 Å². The second-order valence-corrected chi connectivity index (χ2v) is 7.74. The molecule has 0 heterocycles. The van der Waals surface area contributed by atoms with Crippen molar-refractivity contribution in [3.63, 3.8) is 0 Å². The van der Waals surface area contributed by atoms with Gasteiger partial charge in [0.25, 0.3) is 0 Å². The van der Waals surface area contributed by atoms with Gasteiger partial charge in [-0.25, -0.2) is 4.79 Å². The number of nitrogens with one attached hydrogen (secondary N) is 2. The number of carbonyl (C=O) groups excluding carboxylic acids is 2. The van der Waals surface area contributed by atoms with Gasteiger partial charge in [0.05, 0.1) is 5.69 Å². The van der Waals surface area contributed by atoms with Crippen molar-refractivity contribution in [2.45, 2.75) is 53.4 Å². The quantitative estimate of drug-likeness (QED) is 0.321. The lowest BCUT2D eigenvalue weighted by molar-refractivity contribution is -0.147. The molecular formula is C24H30N2O6. The summed E-state index contributed by atoms with van der Waals surface area (Å²) in [7, 11) is 0. The fraction of sp³-hybridized carbons (Fsp3) is 0.375. The number of ether oxygens (including phenoxy) is 1. The van der Waals surface area contributed by atoms with Crippen LogP contribution in [-0.2, 0) is 14.4 Å². The third kappa shape index (κ3) is 6.47. The van der Waals surface area contributed by atoms with E-state index in [4.69, 9.17) is 9.84 Å². The molecule has 0 spiro atoms. The summed E-state index contributed by atoms with van der Waals surface area (Å²) >= 11 is 0. The van der Waals surface area contributed by atoms with E-state index in [1.807, 2.05) is 13.8 Å². The molecule has 8 heteroatoms. The summed E-state index contributed by atoms with van der Waals surface area (Å²) in [6.45, 7) is 7.60. The van der Waals surface area contributed by atoms with Gasteiger partial charge in [-0.15, -0.1) is 0 Å². The molecular weight excluding hydrogens is 412 g/mol. The Hall–Kier alpha value is -3.55. The highest BCUT2D eigenvalue weighted by atomic mass is 16.5. The van der Waals surface area contributed by atoms with E-state index in [9.17, 15) is 19.5 Å². The number of carbonyl (C=O) groups is 3. The van der Waals surface area contributed by atoms with Crippen LogP contribution in [0.3, 0.4) is 0 Å². The number of anilines is 2. The molecule has 0 aliphatic rings. The van der Waals surface area contributed by atoms with Crippen molar-refractivity contribution in [2.24, 2.45) is 5.92 Å². The Labute approximate surface area is 187 Å². The molecule has 0 aromatic heterocycles. The number of phenols is 1. The Morgan fingerprint density at radius 1 is 0.969 bits per heavy atom. The first-order chi connectivity index (χ1) is 15.2. The van der Waals surface area contributed by atoms with Gasteiger partial charge in [0.2, 0.25) is 5.91 Å². The molecule has 2 rings (SSSR count). The van der Waals surface area contributed by atoms with Crippen molar-refractivity contribution in [3.05, 3.63) is 41.5 Å². The third-order valence-electron chi connectivity index (χ3n) is 5.00. The molecule has 0 radical (unpaired) electrons. The zero-order chi connectivity index (χ0) is 23.8. The number of carboxylic acid groups (broad SMARTS) is 1. The summed E-state index contributed by atoms with van der Waals surface area (Å²) in [4.78, 5) is 34.8. The van der Waals surface area contributed by atoms with Gasteiger partial charge in [-0.05, 0) is 62.1 Å². The number of aryl methyl sites for hydroxylation is 2. The molecule has 32 heavy (non-hydrogen) atoms. The van der Waals surface area contributed by atoms with Crippen molar-refractivity contribution < 1.29 is 29.3 Å². The van der Waals surface area contributed by atoms with Crippen LogP contribution in [0.5, 0.6) is 17.2 Å². The lowest BCUT2D eigenvalue weighted by Crippen LogP contribution is -2.22. The summed E-state index contributed by atoms with van der Waals surface area (Å²) in [6, 6.07) is 7.80. The van der Waals surface area contributed by atoms with Gasteiger partial charge in [-0.3, -0.25) is 9.59 Å². The summed E-state index contributed by atoms with van der Waals surface area (Å²) in [6.07, 6.45) is 3.35. The number of aromatic hydroxyl groups is 1. The first kappa shape index (κ1) is 24.7. The molecule has 2 aromatic carbocycles. The van der Waals surface area contributed by atoms with E-state index in [1.54, 1.807) is 38.1 Å². The minimum atomic E-state index is -1.57. The van der Waals surface area contributed by atoms with Gasteiger partial charge in [-0.1, -0.05) is 26.7 Å². The van der Waals surface area contributed by atoms with Gasteiger partial charge in [0, 0.05) is 17.7 Å². The summed E-state index contributed by atoms with van der Waals surface area (Å²) < 4.78 is 5.99. The van der Waals surface area contributed by atoms with Crippen LogP contribution >= 0.6 is 0 Å². The lowest BCUT2D eigenvalue weighted by Gasteiger charge is -2.17. The number of hydrogen-bond acceptors (Lipinski definition) is 5. The normalized spacial score (nSPS) is 10.7. The zero-order valence-electron chi connectivity index (χ0n) is 18.8. The maximum absolute atomic E-state index is 12.7. The van der Waals surface area contributed by atoms with Crippen LogP contribution in [0.25, 0.3) is 0 Å². The van der Waals surface area contributed by atoms with Crippen LogP contribution in [0.1, 0.15) is 50.7 Å². The van der Waals surface area contributed by atoms with Crippen molar-refractivity contribution in [1.29, 1.82) is 0 Å². The number of amides is 2. The molecule has 8 nitrogen and oxygen atoms in total. The van der Waals surface area contributed by atoms with E-state index >= 15 is 0 Å². The molecule has 0 fully saturated rings. The Morgan fingerprint density at radius 3 is 2.09 bits per heavy atom. The molecule has 2 aromatic rings. The fourth-order valence-electron chi connectivity index (χ4n) is 3.50. The molecule has 0 bridgehead atoms. The number of hydrogen-bond donors (Lipinski definition) is 4. The maximum atomic E-state index is 12.7. The van der Waals surface area contributed by atoms with E-state index in [2.05, 4.69) is 10.6 Å². The smallest absolute Gasteiger partial charge is 0.394 e. The van der Waals surface area contributed by atoms with Crippen molar-refractivity contribution in [3.8, 4) is 17.2 Å². The van der Waals surface area contributed by atoms with Gasteiger partial charge in [0.1, 0.15) is 17.2 Å². The van der Waals surface area contributed by atoms with Crippen LogP contribution in [0.4, 0.5) is 11.4 Å². The van der Waals surface area contributed by atoms with E-state index in [-0.39, 0.29) is 23.3 Å². The molecule has 172 valence electrons. The number of rotatable bonds is 9. The number of aliphatic carboxylic acids is 1. The highest BCUT2D eigenvalue weighted by molar-refractivity contribution is 6.36. The van der Waals surface area contributed by atoms with E-state index in [1.165, 1.54) is 6.07 Å². The standard InChI is InChI=1S/C24H30N2O6/c1-5-7-16(8-6-2)22(28)26-19-13-18(9-10-20(19)27)32-21-14(3)11-17(12-15(21)4)25-23(29)24(30)31/h9-13,16,27H,5-8H2,1-4H3,(H,25,29)(H,26,28)(H,30,31). The zero-order valence-corrected chi connectivity index (χ0v) is 18.8. The predicted octanol–water partition coefficient (Wildman–Crippen LogP) is 4.98. The van der Waals surface area contributed by atoms with E-state index in [0.29, 0.717) is 28.3 Å². The Balaban J connectivity index is 2.23. The van der Waals surface area contributed by atoms with Crippen molar-refractivity contribution >= 4 is 29.2 Å². The average molecular weight is 443 g/mol. The average Bonchev–Trinajstić information content (AvgIpc) is 2.72. The largest absolute Gasteiger partial charge is 0.506 e. The molecule has 0 aliphatic carbocycles. The fourth-order valence-corrected chi connectivity index (χ4v) is 3.50. The van der Waals surface area contributed by atoms with Crippen LogP contribution in [0.15, 0.2) is 30.3 Å². The van der Waals surface area contributed by atoms with Crippen LogP contribution in [0.2, 0.25) is 0 Å². The topological polar surface area (TPSA) is 125 Å². The van der Waals surface area contributed by atoms with Crippen LogP contribution in [0, 0.1) is 19.8 Å². The predicted molar refractivity (Wildman–Crippen MR) is 122 cm³/mol. The Morgan fingerprint density at radius 2 is 1.56 bits per heavy atom. The number of carboxylic acids is 1. The lowest BCUT2D eigenvalue weighted by atomic mass is 9.97. The molecule has 4 N–H and O–H groups in total.